The van der Waals surface area contributed by atoms with E-state index in [9.17, 15) is 9.18 Å². The molecule has 0 bridgehead atoms. The molecule has 2 aromatic carbocycles. The minimum atomic E-state index is -0.399. The third-order valence-corrected chi connectivity index (χ3v) is 3.00. The van der Waals surface area contributed by atoms with Crippen LogP contribution in [0.1, 0.15) is 5.82 Å². The van der Waals surface area contributed by atoms with Crippen molar-refractivity contribution in [2.24, 2.45) is 0 Å². The summed E-state index contributed by atoms with van der Waals surface area (Å²) in [6, 6.07) is 15.2. The van der Waals surface area contributed by atoms with Crippen molar-refractivity contribution >= 4 is 11.6 Å². The second-order valence-electron chi connectivity index (χ2n) is 4.71. The Morgan fingerprint density at radius 3 is 2.73 bits per heavy atom. The smallest absolute Gasteiger partial charge is 0.232 e. The van der Waals surface area contributed by atoms with E-state index in [0.717, 1.165) is 5.56 Å². The maximum Gasteiger partial charge on any atom is 0.232 e. The van der Waals surface area contributed by atoms with Gasteiger partial charge in [-0.2, -0.15) is 5.10 Å². The van der Waals surface area contributed by atoms with Gasteiger partial charge in [-0.1, -0.05) is 36.4 Å². The molecule has 22 heavy (non-hydrogen) atoms. The molecule has 0 aliphatic carbocycles. The molecule has 1 amide bonds. The van der Waals surface area contributed by atoms with Crippen LogP contribution in [-0.2, 0) is 11.2 Å². The van der Waals surface area contributed by atoms with Crippen molar-refractivity contribution in [1.82, 2.24) is 15.2 Å². The lowest BCUT2D eigenvalue weighted by atomic mass is 10.2. The lowest BCUT2D eigenvalue weighted by Gasteiger charge is -2.03. The molecule has 0 saturated heterocycles. The van der Waals surface area contributed by atoms with Crippen LogP contribution < -0.4 is 5.32 Å². The van der Waals surface area contributed by atoms with Crippen LogP contribution in [0.15, 0.2) is 54.6 Å². The van der Waals surface area contributed by atoms with E-state index in [0.29, 0.717) is 17.3 Å². The Bertz CT molecular complexity index is 786. The molecule has 0 unspecified atom stereocenters. The highest BCUT2D eigenvalue weighted by Crippen LogP contribution is 2.14. The van der Waals surface area contributed by atoms with Crippen LogP contribution in [0.5, 0.6) is 0 Å². The molecule has 3 aromatic rings. The summed E-state index contributed by atoms with van der Waals surface area (Å²) in [4.78, 5) is 16.2. The quantitative estimate of drug-likeness (QED) is 0.777. The lowest BCUT2D eigenvalue weighted by molar-refractivity contribution is -0.115. The number of rotatable bonds is 4. The average Bonchev–Trinajstić information content (AvgIpc) is 2.96. The fraction of sp³-hybridized carbons (Fsp3) is 0.0625. The number of benzene rings is 2. The molecule has 0 saturated carbocycles. The van der Waals surface area contributed by atoms with Crippen LogP contribution in [0.25, 0.3) is 11.4 Å². The van der Waals surface area contributed by atoms with Crippen molar-refractivity contribution in [2.45, 2.75) is 6.42 Å². The number of aromatic amines is 1. The Morgan fingerprint density at radius 2 is 1.95 bits per heavy atom. The van der Waals surface area contributed by atoms with Gasteiger partial charge in [-0.05, 0) is 18.2 Å². The van der Waals surface area contributed by atoms with Crippen molar-refractivity contribution < 1.29 is 9.18 Å². The van der Waals surface area contributed by atoms with Crippen LogP contribution in [-0.4, -0.2) is 21.1 Å². The average molecular weight is 296 g/mol. The largest absolute Gasteiger partial charge is 0.326 e. The van der Waals surface area contributed by atoms with Crippen LogP contribution in [0.4, 0.5) is 10.1 Å². The summed E-state index contributed by atoms with van der Waals surface area (Å²) in [5.41, 5.74) is 1.28. The molecule has 2 N–H and O–H groups in total. The number of nitrogens with one attached hydrogen (secondary N) is 2. The molecule has 110 valence electrons. The molecule has 1 heterocycles. The molecule has 6 heteroatoms. The highest BCUT2D eigenvalue weighted by atomic mass is 19.1. The molecule has 5 nitrogen and oxygen atoms in total. The number of hydrogen-bond donors (Lipinski definition) is 2. The topological polar surface area (TPSA) is 70.7 Å². The highest BCUT2D eigenvalue weighted by Gasteiger charge is 2.10. The van der Waals surface area contributed by atoms with Gasteiger partial charge in [-0.25, -0.2) is 9.37 Å². The van der Waals surface area contributed by atoms with Crippen LogP contribution in [0.3, 0.4) is 0 Å². The SMILES string of the molecule is O=C(Cc1nc(-c2ccccc2)n[nH]1)Nc1cccc(F)c1. The number of halogens is 1. The Balaban J connectivity index is 1.66. The van der Waals surface area contributed by atoms with Gasteiger partial charge in [-0.3, -0.25) is 9.89 Å². The van der Waals surface area contributed by atoms with E-state index in [4.69, 9.17) is 0 Å². The van der Waals surface area contributed by atoms with E-state index >= 15 is 0 Å². The predicted octanol–water partition coefficient (Wildman–Crippen LogP) is 2.79. The van der Waals surface area contributed by atoms with E-state index in [-0.39, 0.29) is 12.3 Å². The van der Waals surface area contributed by atoms with Crippen molar-refractivity contribution in [3.63, 3.8) is 0 Å². The van der Waals surface area contributed by atoms with E-state index in [1.165, 1.54) is 18.2 Å². The number of anilines is 1. The molecule has 0 atom stereocenters. The van der Waals surface area contributed by atoms with Gasteiger partial charge in [0.2, 0.25) is 5.91 Å². The Labute approximate surface area is 126 Å². The molecular formula is C16H13FN4O. The van der Waals surface area contributed by atoms with Gasteiger partial charge in [-0.15, -0.1) is 0 Å². The molecule has 0 radical (unpaired) electrons. The second kappa shape index (κ2) is 6.17. The minimum absolute atomic E-state index is 0.0380. The predicted molar refractivity (Wildman–Crippen MR) is 80.6 cm³/mol. The first-order valence-electron chi connectivity index (χ1n) is 6.73. The summed E-state index contributed by atoms with van der Waals surface area (Å²) in [6.07, 6.45) is 0.0380. The fourth-order valence-corrected chi connectivity index (χ4v) is 2.01. The zero-order valence-electron chi connectivity index (χ0n) is 11.6. The summed E-state index contributed by atoms with van der Waals surface area (Å²) in [7, 11) is 0. The first kappa shape index (κ1) is 13.9. The summed E-state index contributed by atoms with van der Waals surface area (Å²) >= 11 is 0. The van der Waals surface area contributed by atoms with Crippen molar-refractivity contribution in [3.05, 3.63) is 66.2 Å². The number of nitrogens with zero attached hydrogens (tertiary/aromatic N) is 2. The van der Waals surface area contributed by atoms with Crippen molar-refractivity contribution in [3.8, 4) is 11.4 Å². The highest BCUT2D eigenvalue weighted by molar-refractivity contribution is 5.91. The maximum absolute atomic E-state index is 13.1. The zero-order valence-corrected chi connectivity index (χ0v) is 11.6. The van der Waals surface area contributed by atoms with Crippen molar-refractivity contribution in [2.75, 3.05) is 5.32 Å². The zero-order chi connectivity index (χ0) is 15.4. The Hall–Kier alpha value is -3.02. The van der Waals surface area contributed by atoms with Crippen molar-refractivity contribution in [1.29, 1.82) is 0 Å². The molecule has 3 rings (SSSR count). The van der Waals surface area contributed by atoms with E-state index in [1.807, 2.05) is 30.3 Å². The minimum Gasteiger partial charge on any atom is -0.326 e. The third-order valence-electron chi connectivity index (χ3n) is 3.00. The number of amides is 1. The Morgan fingerprint density at radius 1 is 1.14 bits per heavy atom. The van der Waals surface area contributed by atoms with Gasteiger partial charge in [0.05, 0.1) is 6.42 Å². The van der Waals surface area contributed by atoms with Crippen LogP contribution in [0.2, 0.25) is 0 Å². The molecule has 0 spiro atoms. The number of carbonyl (C=O) groups excluding carboxylic acids is 1. The molecule has 1 aromatic heterocycles. The lowest BCUT2D eigenvalue weighted by Crippen LogP contribution is -2.15. The molecule has 0 fully saturated rings. The number of aromatic nitrogens is 3. The van der Waals surface area contributed by atoms with E-state index in [1.54, 1.807) is 6.07 Å². The standard InChI is InChI=1S/C16H13FN4O/c17-12-7-4-8-13(9-12)18-15(22)10-14-19-16(21-20-14)11-5-2-1-3-6-11/h1-9H,10H2,(H,18,22)(H,19,20,21). The van der Waals surface area contributed by atoms with Gasteiger partial charge in [0.15, 0.2) is 5.82 Å². The maximum atomic E-state index is 13.1. The molecule has 0 aliphatic rings. The van der Waals surface area contributed by atoms with Gasteiger partial charge in [0, 0.05) is 11.3 Å². The number of carbonyl (C=O) groups is 1. The monoisotopic (exact) mass is 296 g/mol. The second-order valence-corrected chi connectivity index (χ2v) is 4.71. The Kier molecular flexibility index (Phi) is 3.91. The van der Waals surface area contributed by atoms with Gasteiger partial charge in [0.25, 0.3) is 0 Å². The first-order chi connectivity index (χ1) is 10.7. The summed E-state index contributed by atoms with van der Waals surface area (Å²) in [6.45, 7) is 0. The molecule has 0 aliphatic heterocycles. The summed E-state index contributed by atoms with van der Waals surface area (Å²) in [5.74, 6) is 0.298. The van der Waals surface area contributed by atoms with E-state index in [2.05, 4.69) is 20.5 Å². The number of H-pyrrole nitrogens is 1. The summed E-state index contributed by atoms with van der Waals surface area (Å²) < 4.78 is 13.1. The van der Waals surface area contributed by atoms with Crippen LogP contribution >= 0.6 is 0 Å². The van der Waals surface area contributed by atoms with E-state index < -0.39 is 5.82 Å². The van der Waals surface area contributed by atoms with Gasteiger partial charge < -0.3 is 5.32 Å². The van der Waals surface area contributed by atoms with Gasteiger partial charge >= 0.3 is 0 Å². The van der Waals surface area contributed by atoms with Crippen LogP contribution in [0, 0.1) is 5.82 Å². The normalized spacial score (nSPS) is 10.4. The third kappa shape index (κ3) is 3.35. The van der Waals surface area contributed by atoms with Gasteiger partial charge in [0.1, 0.15) is 11.6 Å². The number of hydrogen-bond acceptors (Lipinski definition) is 3. The first-order valence-corrected chi connectivity index (χ1v) is 6.73. The summed E-state index contributed by atoms with van der Waals surface area (Å²) in [5, 5.41) is 9.43. The molecular weight excluding hydrogens is 283 g/mol. The fourth-order valence-electron chi connectivity index (χ4n) is 2.01.